The third kappa shape index (κ3) is 4.03. The van der Waals surface area contributed by atoms with E-state index >= 15 is 0 Å². The number of imidazole rings is 1. The summed E-state index contributed by atoms with van der Waals surface area (Å²) in [5, 5.41) is 2.41. The van der Waals surface area contributed by atoms with E-state index in [0.29, 0.717) is 0 Å². The molecule has 0 unspecified atom stereocenters. The van der Waals surface area contributed by atoms with E-state index < -0.39 is 0 Å². The van der Waals surface area contributed by atoms with E-state index in [0.717, 1.165) is 56.2 Å². The highest BCUT2D eigenvalue weighted by molar-refractivity contribution is 7.99. The number of para-hydroxylation sites is 2. The molecule has 222 valence electrons. The molecule has 0 saturated carbocycles. The van der Waals surface area contributed by atoms with Crippen LogP contribution in [0.5, 0.6) is 11.5 Å². The third-order valence-electron chi connectivity index (χ3n) is 9.25. The van der Waals surface area contributed by atoms with Gasteiger partial charge < -0.3 is 9.30 Å². The lowest BCUT2D eigenvalue weighted by Gasteiger charge is -2.35. The maximum Gasteiger partial charge on any atom is 0.145 e. The summed E-state index contributed by atoms with van der Waals surface area (Å²) in [5.41, 5.74) is 8.72. The zero-order valence-corrected chi connectivity index (χ0v) is 26.5. The molecule has 5 aromatic carbocycles. The molecular formula is C40H30N4OS. The maximum atomic E-state index is 6.51. The molecule has 1 aliphatic heterocycles. The number of ether oxygens (including phenoxy) is 1. The van der Waals surface area contributed by atoms with Gasteiger partial charge in [0, 0.05) is 50.9 Å². The van der Waals surface area contributed by atoms with Crippen LogP contribution in [0.2, 0.25) is 0 Å². The van der Waals surface area contributed by atoms with Crippen molar-refractivity contribution in [1.82, 2.24) is 19.1 Å². The van der Waals surface area contributed by atoms with Gasteiger partial charge in [-0.25, -0.2) is 9.97 Å². The van der Waals surface area contributed by atoms with Crippen LogP contribution >= 0.6 is 11.8 Å². The van der Waals surface area contributed by atoms with Crippen LogP contribution in [0.15, 0.2) is 137 Å². The number of pyridine rings is 1. The van der Waals surface area contributed by atoms with Crippen LogP contribution in [0.3, 0.4) is 0 Å². The lowest BCUT2D eigenvalue weighted by atomic mass is 9.76. The lowest BCUT2D eigenvalue weighted by Crippen LogP contribution is -2.24. The van der Waals surface area contributed by atoms with Crippen molar-refractivity contribution in [3.63, 3.8) is 0 Å². The lowest BCUT2D eigenvalue weighted by molar-refractivity contribution is 0.482. The largest absolute Gasteiger partial charge is 0.457 e. The molecule has 0 aliphatic carbocycles. The zero-order chi connectivity index (χ0) is 31.0. The molecule has 8 aromatic rings. The van der Waals surface area contributed by atoms with Crippen molar-refractivity contribution in [2.24, 2.45) is 7.05 Å². The molecule has 4 heterocycles. The second-order valence-electron chi connectivity index (χ2n) is 12.4. The molecule has 46 heavy (non-hydrogen) atoms. The van der Waals surface area contributed by atoms with Crippen LogP contribution in [-0.4, -0.2) is 19.1 Å². The highest BCUT2D eigenvalue weighted by Gasteiger charge is 2.36. The van der Waals surface area contributed by atoms with Gasteiger partial charge in [0.05, 0.1) is 22.2 Å². The fraction of sp³-hybridized carbons (Fsp3) is 0.100. The average molecular weight is 615 g/mol. The van der Waals surface area contributed by atoms with Gasteiger partial charge in [0.2, 0.25) is 0 Å². The minimum absolute atomic E-state index is 0.166. The van der Waals surface area contributed by atoms with Crippen LogP contribution in [-0.2, 0) is 12.5 Å². The highest BCUT2D eigenvalue weighted by atomic mass is 32.2. The van der Waals surface area contributed by atoms with Crippen LogP contribution in [0, 0.1) is 0 Å². The van der Waals surface area contributed by atoms with Gasteiger partial charge in [-0.3, -0.25) is 4.57 Å². The Balaban J connectivity index is 1.15. The van der Waals surface area contributed by atoms with Gasteiger partial charge in [-0.1, -0.05) is 74.1 Å². The minimum atomic E-state index is -0.166. The predicted octanol–water partition coefficient (Wildman–Crippen LogP) is 10.3. The van der Waals surface area contributed by atoms with Crippen molar-refractivity contribution in [3.8, 4) is 28.6 Å². The number of rotatable bonds is 4. The summed E-state index contributed by atoms with van der Waals surface area (Å²) in [4.78, 5) is 12.4. The quantitative estimate of drug-likeness (QED) is 0.198. The summed E-state index contributed by atoms with van der Waals surface area (Å²) in [7, 11) is 2.05. The van der Waals surface area contributed by atoms with Crippen molar-refractivity contribution in [3.05, 3.63) is 139 Å². The Bertz CT molecular complexity index is 2490. The Morgan fingerprint density at radius 1 is 0.717 bits per heavy atom. The molecule has 3 aromatic heterocycles. The van der Waals surface area contributed by atoms with E-state index in [-0.39, 0.29) is 5.41 Å². The van der Waals surface area contributed by atoms with Crippen molar-refractivity contribution >= 4 is 44.7 Å². The Labute approximate surface area is 271 Å². The Hall–Kier alpha value is -5.33. The summed E-state index contributed by atoms with van der Waals surface area (Å²) in [6.45, 7) is 4.69. The topological polar surface area (TPSA) is 44.9 Å². The van der Waals surface area contributed by atoms with E-state index in [9.17, 15) is 0 Å². The molecule has 5 nitrogen and oxygen atoms in total. The molecular weight excluding hydrogens is 585 g/mol. The maximum absolute atomic E-state index is 6.51. The zero-order valence-electron chi connectivity index (χ0n) is 25.7. The van der Waals surface area contributed by atoms with E-state index in [1.807, 2.05) is 60.4 Å². The smallest absolute Gasteiger partial charge is 0.145 e. The molecule has 0 amide bonds. The Kier molecular flexibility index (Phi) is 5.93. The monoisotopic (exact) mass is 614 g/mol. The van der Waals surface area contributed by atoms with Crippen LogP contribution in [0.1, 0.15) is 25.0 Å². The molecule has 1 aliphatic rings. The number of nitrogens with zero attached hydrogens (tertiary/aromatic N) is 4. The number of aryl methyl sites for hydroxylation is 1. The Morgan fingerprint density at radius 3 is 2.41 bits per heavy atom. The first-order valence-electron chi connectivity index (χ1n) is 15.5. The SMILES string of the molecule is Cn1c(-c2cccc(Oc3cccc(-n4c5ccc6c(c5c5cccnc54)C(C)(C)c4ccccc4S6)c3)c2)nc2ccccc21. The van der Waals surface area contributed by atoms with E-state index in [2.05, 4.69) is 109 Å². The van der Waals surface area contributed by atoms with Gasteiger partial charge >= 0.3 is 0 Å². The van der Waals surface area contributed by atoms with Gasteiger partial charge in [-0.15, -0.1) is 0 Å². The molecule has 9 rings (SSSR count). The van der Waals surface area contributed by atoms with Crippen LogP contribution < -0.4 is 4.74 Å². The first kappa shape index (κ1) is 27.0. The number of aromatic nitrogens is 4. The predicted molar refractivity (Wildman–Crippen MR) is 187 cm³/mol. The fourth-order valence-corrected chi connectivity index (χ4v) is 8.54. The molecule has 0 atom stereocenters. The van der Waals surface area contributed by atoms with Gasteiger partial charge in [0.15, 0.2) is 0 Å². The van der Waals surface area contributed by atoms with Gasteiger partial charge in [0.1, 0.15) is 23.0 Å². The van der Waals surface area contributed by atoms with Gasteiger partial charge in [-0.2, -0.15) is 0 Å². The van der Waals surface area contributed by atoms with Crippen LogP contribution in [0.4, 0.5) is 0 Å². The molecule has 0 radical (unpaired) electrons. The van der Waals surface area contributed by atoms with Gasteiger partial charge in [-0.05, 0) is 77.9 Å². The average Bonchev–Trinajstić information content (AvgIpc) is 3.60. The molecule has 0 N–H and O–H groups in total. The minimum Gasteiger partial charge on any atom is -0.457 e. The third-order valence-corrected chi connectivity index (χ3v) is 10.4. The van der Waals surface area contributed by atoms with Crippen molar-refractivity contribution in [2.45, 2.75) is 29.1 Å². The fourth-order valence-electron chi connectivity index (χ4n) is 7.13. The number of hydrogen-bond acceptors (Lipinski definition) is 4. The Morgan fingerprint density at radius 2 is 1.52 bits per heavy atom. The normalized spacial score (nSPS) is 13.6. The standard InChI is InChI=1S/C40H30N4OS/c1-40(2)30-16-4-7-19-34(30)46-35-21-20-33-36(37(35)40)29-15-10-22-41-39(29)44(33)26-12-9-14-28(24-26)45-27-13-8-11-25(23-27)38-42-31-17-5-6-18-32(31)43(38)3/h4-24H,1-3H3. The molecule has 0 bridgehead atoms. The van der Waals surface area contributed by atoms with Crippen molar-refractivity contribution in [1.29, 1.82) is 0 Å². The first-order valence-corrected chi connectivity index (χ1v) is 16.3. The van der Waals surface area contributed by atoms with E-state index in [1.54, 1.807) is 0 Å². The van der Waals surface area contributed by atoms with Crippen molar-refractivity contribution < 1.29 is 4.74 Å². The molecule has 0 spiro atoms. The van der Waals surface area contributed by atoms with Crippen LogP contribution in [0.25, 0.3) is 50.0 Å². The van der Waals surface area contributed by atoms with E-state index in [4.69, 9.17) is 14.7 Å². The van der Waals surface area contributed by atoms with Gasteiger partial charge in [0.25, 0.3) is 0 Å². The first-order chi connectivity index (χ1) is 22.5. The number of hydrogen-bond donors (Lipinski definition) is 0. The molecule has 0 fully saturated rings. The second kappa shape index (κ2) is 10.1. The summed E-state index contributed by atoms with van der Waals surface area (Å²) < 4.78 is 10.9. The van der Waals surface area contributed by atoms with E-state index in [1.165, 1.54) is 26.3 Å². The molecule has 0 saturated heterocycles. The second-order valence-corrected chi connectivity index (χ2v) is 13.5. The number of fused-ring (bicyclic) bond motifs is 7. The van der Waals surface area contributed by atoms with Crippen molar-refractivity contribution in [2.75, 3.05) is 0 Å². The summed E-state index contributed by atoms with van der Waals surface area (Å²) >= 11 is 1.86. The summed E-state index contributed by atoms with van der Waals surface area (Å²) in [6, 6.07) is 42.2. The summed E-state index contributed by atoms with van der Waals surface area (Å²) in [6.07, 6.45) is 1.88. The summed E-state index contributed by atoms with van der Waals surface area (Å²) in [5.74, 6) is 2.42. The highest BCUT2D eigenvalue weighted by Crippen LogP contribution is 2.53. The number of benzene rings is 5. The molecule has 6 heteroatoms.